The molecule has 67 valence electrons. The molecular formula is C7H13BaO3Se. The second-order valence-corrected chi connectivity index (χ2v) is 9.98. The van der Waals surface area contributed by atoms with Crippen molar-refractivity contribution < 1.29 is 14.2 Å². The van der Waals surface area contributed by atoms with E-state index in [0.717, 1.165) is 55.7 Å². The first-order valence-corrected chi connectivity index (χ1v) is 15.5. The van der Waals surface area contributed by atoms with Crippen LogP contribution in [0.2, 0.25) is 0 Å². The molecule has 1 heterocycles. The molecule has 12 heavy (non-hydrogen) atoms. The van der Waals surface area contributed by atoms with Gasteiger partial charge >= 0.3 is 108 Å². The van der Waals surface area contributed by atoms with E-state index in [1.54, 1.807) is 14.2 Å². The summed E-state index contributed by atoms with van der Waals surface area (Å²) in [6.45, 7) is 0.666. The van der Waals surface area contributed by atoms with Gasteiger partial charge in [0.05, 0.1) is 0 Å². The van der Waals surface area contributed by atoms with E-state index >= 15 is 0 Å². The third-order valence-electron chi connectivity index (χ3n) is 1.99. The summed E-state index contributed by atoms with van der Waals surface area (Å²) in [5, 5.41) is 0.505. The summed E-state index contributed by atoms with van der Waals surface area (Å²) in [6, 6.07) is 0. The first-order valence-electron chi connectivity index (χ1n) is 3.89. The Morgan fingerprint density at radius 3 is 2.83 bits per heavy atom. The van der Waals surface area contributed by atoms with Gasteiger partial charge in [0.25, 0.3) is 0 Å². The number of hydrogen-bond donors (Lipinski definition) is 0. The average molecular weight is 361 g/mol. The van der Waals surface area contributed by atoms with Crippen LogP contribution in [0, 0.1) is 0 Å². The van der Waals surface area contributed by atoms with Gasteiger partial charge in [-0.05, 0) is 0 Å². The third-order valence-corrected chi connectivity index (χ3v) is 9.47. The molecule has 0 bridgehead atoms. The fraction of sp³-hybridized carbons (Fsp3) is 1.00. The Morgan fingerprint density at radius 1 is 1.58 bits per heavy atom. The molecular weight excluding hydrogens is 348 g/mol. The van der Waals surface area contributed by atoms with Crippen molar-refractivity contribution in [3.05, 3.63) is 0 Å². The van der Waals surface area contributed by atoms with Crippen LogP contribution in [0.1, 0.15) is 6.42 Å². The van der Waals surface area contributed by atoms with Crippen LogP contribution in [0.5, 0.6) is 0 Å². The molecule has 1 aliphatic heterocycles. The Morgan fingerprint density at radius 2 is 2.33 bits per heavy atom. The zero-order chi connectivity index (χ0) is 8.97. The standard InChI is InChI=1S/C7H14O3Se.Ba/c1-8-4-6-5(9-2)3-7(11)10-6;/h5-7,11H,3-4H2,1-2H3;/q;+1/p-1. The van der Waals surface area contributed by atoms with Crippen LogP contribution in [-0.4, -0.2) is 87.3 Å². The van der Waals surface area contributed by atoms with E-state index in [1.165, 1.54) is 0 Å². The van der Waals surface area contributed by atoms with Gasteiger partial charge in [-0.25, -0.2) is 0 Å². The van der Waals surface area contributed by atoms with Gasteiger partial charge in [-0.2, -0.15) is 0 Å². The average Bonchev–Trinajstić information content (AvgIpc) is 2.48. The van der Waals surface area contributed by atoms with Crippen molar-refractivity contribution in [1.29, 1.82) is 0 Å². The summed E-state index contributed by atoms with van der Waals surface area (Å²) in [4.78, 5) is 0. The molecule has 3 unspecified atom stereocenters. The van der Waals surface area contributed by atoms with E-state index in [9.17, 15) is 0 Å². The zero-order valence-electron chi connectivity index (χ0n) is 7.49. The van der Waals surface area contributed by atoms with Gasteiger partial charge in [0.2, 0.25) is 0 Å². The van der Waals surface area contributed by atoms with Crippen LogP contribution < -0.4 is 0 Å². The van der Waals surface area contributed by atoms with Gasteiger partial charge in [-0.1, -0.05) is 0 Å². The van der Waals surface area contributed by atoms with E-state index in [4.69, 9.17) is 14.2 Å². The number of ether oxygens (including phenoxy) is 3. The molecule has 0 aromatic carbocycles. The number of methoxy groups -OCH3 is 2. The first-order chi connectivity index (χ1) is 5.81. The Labute approximate surface area is 106 Å². The van der Waals surface area contributed by atoms with E-state index < -0.39 is 0 Å². The van der Waals surface area contributed by atoms with Gasteiger partial charge in [0.1, 0.15) is 0 Å². The minimum absolute atomic E-state index is 0.176. The van der Waals surface area contributed by atoms with Crippen molar-refractivity contribution in [2.24, 2.45) is 0 Å². The summed E-state index contributed by atoms with van der Waals surface area (Å²) < 4.78 is 16.2. The van der Waals surface area contributed by atoms with E-state index in [2.05, 4.69) is 0 Å². The van der Waals surface area contributed by atoms with Crippen molar-refractivity contribution in [2.75, 3.05) is 20.8 Å². The summed E-state index contributed by atoms with van der Waals surface area (Å²) in [6.07, 6.45) is 2.27. The van der Waals surface area contributed by atoms with Crippen LogP contribution in [-0.2, 0) is 14.2 Å². The van der Waals surface area contributed by atoms with E-state index in [-0.39, 0.29) is 12.2 Å². The molecule has 0 spiro atoms. The van der Waals surface area contributed by atoms with Gasteiger partial charge in [-0.15, -0.1) is 0 Å². The Balaban J connectivity index is 2.39. The maximum atomic E-state index is 5.78. The topological polar surface area (TPSA) is 27.7 Å². The molecule has 1 aliphatic rings. The molecule has 3 nitrogen and oxygen atoms in total. The minimum atomic E-state index is 0.176. The summed E-state index contributed by atoms with van der Waals surface area (Å²) in [5.41, 5.74) is 0. The van der Waals surface area contributed by atoms with Gasteiger partial charge in [0, 0.05) is 0 Å². The van der Waals surface area contributed by atoms with Crippen LogP contribution in [0.3, 0.4) is 0 Å². The van der Waals surface area contributed by atoms with Crippen molar-refractivity contribution in [3.8, 4) is 0 Å². The number of hydrogen-bond acceptors (Lipinski definition) is 3. The van der Waals surface area contributed by atoms with E-state index in [1.807, 2.05) is 0 Å². The van der Waals surface area contributed by atoms with Crippen LogP contribution in [0.4, 0.5) is 0 Å². The summed E-state index contributed by atoms with van der Waals surface area (Å²) in [7, 11) is 3.46. The predicted molar refractivity (Wildman–Crippen MR) is 47.5 cm³/mol. The molecule has 0 saturated carbocycles. The molecule has 0 aliphatic carbocycles. The van der Waals surface area contributed by atoms with Crippen molar-refractivity contribution in [2.45, 2.75) is 23.6 Å². The molecule has 0 aromatic rings. The quantitative estimate of drug-likeness (QED) is 0.635. The molecule has 0 N–H and O–H groups in total. The second kappa shape index (κ2) is 6.45. The van der Waals surface area contributed by atoms with Gasteiger partial charge in [0.15, 0.2) is 0 Å². The van der Waals surface area contributed by atoms with Crippen LogP contribution in [0.25, 0.3) is 0 Å². The molecule has 1 fully saturated rings. The molecule has 3 atom stereocenters. The first kappa shape index (κ1) is 12.0. The zero-order valence-corrected chi connectivity index (χ0v) is 13.6. The predicted octanol–water partition coefficient (Wildman–Crippen LogP) is -0.449. The summed E-state index contributed by atoms with van der Waals surface area (Å²) >= 11 is 0.889. The molecule has 0 aromatic heterocycles. The molecule has 1 saturated heterocycles. The third kappa shape index (κ3) is 3.28. The van der Waals surface area contributed by atoms with Crippen LogP contribution in [0.15, 0.2) is 0 Å². The number of rotatable bonds is 4. The molecule has 1 radical (unpaired) electrons. The fourth-order valence-electron chi connectivity index (χ4n) is 1.35. The maximum absolute atomic E-state index is 5.78. The van der Waals surface area contributed by atoms with Crippen molar-refractivity contribution >= 4 is 49.2 Å². The SMILES string of the molecule is COCC1OC([Se][Ba])CC1OC. The Kier molecular flexibility index (Phi) is 6.48. The van der Waals surface area contributed by atoms with E-state index in [0.29, 0.717) is 11.6 Å². The van der Waals surface area contributed by atoms with Crippen LogP contribution >= 0.6 is 0 Å². The fourth-order valence-corrected chi connectivity index (χ4v) is 6.00. The van der Waals surface area contributed by atoms with Gasteiger partial charge < -0.3 is 0 Å². The Hall–Kier alpha value is 1.97. The molecule has 1 rings (SSSR count). The monoisotopic (exact) mass is 363 g/mol. The Bertz CT molecular complexity index is 136. The van der Waals surface area contributed by atoms with Gasteiger partial charge in [-0.3, -0.25) is 0 Å². The second-order valence-electron chi connectivity index (χ2n) is 2.74. The van der Waals surface area contributed by atoms with Crippen molar-refractivity contribution in [3.63, 3.8) is 0 Å². The molecule has 0 amide bonds. The molecule has 5 heteroatoms. The summed E-state index contributed by atoms with van der Waals surface area (Å²) in [5.74, 6) is 0. The van der Waals surface area contributed by atoms with Crippen molar-refractivity contribution in [1.82, 2.24) is 0 Å². The normalized spacial score (nSPS) is 35.6.